The normalized spacial score (nSPS) is 13.8. The maximum atomic E-state index is 13.1. The number of allylic oxidation sites excluding steroid dienone is 2. The Morgan fingerprint density at radius 3 is 2.03 bits per heavy atom. The van der Waals surface area contributed by atoms with Crippen molar-refractivity contribution in [2.75, 3.05) is 10.6 Å². The summed E-state index contributed by atoms with van der Waals surface area (Å²) in [4.78, 5) is 41.7. The van der Waals surface area contributed by atoms with Crippen molar-refractivity contribution < 1.29 is 14.7 Å². The third kappa shape index (κ3) is 9.21. The first-order chi connectivity index (χ1) is 28.7. The molecule has 1 aliphatic heterocycles. The van der Waals surface area contributed by atoms with Gasteiger partial charge in [0.05, 0.1) is 62.5 Å². The molecule has 0 saturated heterocycles. The van der Waals surface area contributed by atoms with E-state index in [0.717, 1.165) is 51.0 Å². The second kappa shape index (κ2) is 18.3. The summed E-state index contributed by atoms with van der Waals surface area (Å²) >= 11 is 3.49. The fourth-order valence-electron chi connectivity index (χ4n) is 6.51. The number of carboxylic acids is 1. The number of thioether (sulfide) groups is 1. The number of benzene rings is 2. The second-order valence-electron chi connectivity index (χ2n) is 13.4. The standard InChI is InChI=1S/C23H21N7OS.C19H17N3O2S.C2H6/c1-14-8-9-20(32-14)19-11-24-22-18(28-17-6-4-3-5-7-17)10-16(12-30(19)22)23(31)27-15(2)21-25-13-26-29-21;1-12-7-8-17(25-12)16-10-20-18-15(21-14-5-3-2-4-6-14)9-13(19(23)24)11-22(16)18;1-2/h3-13,15,28H,1-2H3,(H,27,31)(H,25,26,29);2-7,9-11,17,21H,8H2,1H3,(H,23,24);1-2H3. The zero-order valence-corrected chi connectivity index (χ0v) is 34.8. The number of para-hydroxylation sites is 2. The largest absolute Gasteiger partial charge is 0.478 e. The predicted molar refractivity (Wildman–Crippen MR) is 237 cm³/mol. The molecule has 1 aliphatic rings. The number of pyridine rings is 2. The quantitative estimate of drug-likeness (QED) is 0.0895. The number of hydrogen-bond donors (Lipinski definition) is 5. The molecule has 8 aromatic rings. The van der Waals surface area contributed by atoms with E-state index in [2.05, 4.69) is 73.2 Å². The summed E-state index contributed by atoms with van der Waals surface area (Å²) < 4.78 is 3.86. The Morgan fingerprint density at radius 2 is 1.46 bits per heavy atom. The first-order valence-electron chi connectivity index (χ1n) is 19.2. The SMILES string of the molecule is CC.CC1=CCC(c2cnc3c(Nc4ccccc4)cc(C(=O)O)cn23)S1.Cc1ccc(-c2cnc3c(Nc4ccccc4)cc(C(=O)NC(C)c4ncn[nH]4)cn23)s1. The zero-order chi connectivity index (χ0) is 41.5. The van der Waals surface area contributed by atoms with Crippen LogP contribution in [0.5, 0.6) is 0 Å². The Balaban J connectivity index is 0.000000177. The number of H-pyrrole nitrogens is 1. The lowest BCUT2D eigenvalue weighted by Crippen LogP contribution is -2.27. The number of thiophene rings is 1. The van der Waals surface area contributed by atoms with E-state index < -0.39 is 5.97 Å². The van der Waals surface area contributed by atoms with Crippen LogP contribution in [0.25, 0.3) is 21.9 Å². The Hall–Kier alpha value is -6.71. The molecule has 300 valence electrons. The first kappa shape index (κ1) is 40.5. The molecule has 13 nitrogen and oxygen atoms in total. The molecule has 0 bridgehead atoms. The van der Waals surface area contributed by atoms with Gasteiger partial charge >= 0.3 is 5.97 Å². The fourth-order valence-corrected chi connectivity index (χ4v) is 8.51. The van der Waals surface area contributed by atoms with Crippen LogP contribution in [0, 0.1) is 6.92 Å². The number of nitrogens with one attached hydrogen (secondary N) is 4. The Bertz CT molecular complexity index is 2720. The maximum Gasteiger partial charge on any atom is 0.337 e. The van der Waals surface area contributed by atoms with E-state index in [0.29, 0.717) is 17.1 Å². The van der Waals surface area contributed by atoms with Gasteiger partial charge in [-0.25, -0.2) is 19.7 Å². The summed E-state index contributed by atoms with van der Waals surface area (Å²) in [5.41, 5.74) is 7.42. The van der Waals surface area contributed by atoms with Gasteiger partial charge in [-0.3, -0.25) is 14.3 Å². The maximum absolute atomic E-state index is 13.1. The molecule has 7 heterocycles. The summed E-state index contributed by atoms with van der Waals surface area (Å²) in [5.74, 6) is -0.570. The van der Waals surface area contributed by atoms with Crippen molar-refractivity contribution in [1.82, 2.24) is 39.3 Å². The van der Waals surface area contributed by atoms with Gasteiger partial charge in [0.25, 0.3) is 5.91 Å². The van der Waals surface area contributed by atoms with Crippen molar-refractivity contribution in [2.45, 2.75) is 52.3 Å². The molecule has 0 aliphatic carbocycles. The highest BCUT2D eigenvalue weighted by molar-refractivity contribution is 8.03. The van der Waals surface area contributed by atoms with Gasteiger partial charge in [0.1, 0.15) is 12.2 Å². The van der Waals surface area contributed by atoms with Crippen LogP contribution in [0.2, 0.25) is 0 Å². The third-order valence-electron chi connectivity index (χ3n) is 9.32. The average Bonchev–Trinajstić information content (AvgIpc) is 4.11. The van der Waals surface area contributed by atoms with Gasteiger partial charge in [-0.15, -0.1) is 23.1 Å². The van der Waals surface area contributed by atoms with Crippen molar-refractivity contribution in [3.05, 3.63) is 155 Å². The molecule has 5 N–H and O–H groups in total. The van der Waals surface area contributed by atoms with Crippen molar-refractivity contribution in [1.29, 1.82) is 0 Å². The van der Waals surface area contributed by atoms with Crippen molar-refractivity contribution in [3.8, 4) is 10.6 Å². The minimum Gasteiger partial charge on any atom is -0.478 e. The first-order valence-corrected chi connectivity index (χ1v) is 20.9. The smallest absolute Gasteiger partial charge is 0.337 e. The van der Waals surface area contributed by atoms with Gasteiger partial charge in [-0.05, 0) is 80.6 Å². The van der Waals surface area contributed by atoms with Gasteiger partial charge in [0.2, 0.25) is 0 Å². The average molecular weight is 825 g/mol. The van der Waals surface area contributed by atoms with Gasteiger partial charge in [-0.2, -0.15) is 5.10 Å². The molecule has 2 aromatic carbocycles. The summed E-state index contributed by atoms with van der Waals surface area (Å²) in [6, 6.07) is 26.8. The molecule has 0 spiro atoms. The van der Waals surface area contributed by atoms with Crippen molar-refractivity contribution >= 4 is 69.0 Å². The zero-order valence-electron chi connectivity index (χ0n) is 33.2. The number of aromatic amines is 1. The summed E-state index contributed by atoms with van der Waals surface area (Å²) in [5, 5.41) is 26.1. The van der Waals surface area contributed by atoms with Gasteiger partial charge in [-0.1, -0.05) is 56.3 Å². The van der Waals surface area contributed by atoms with E-state index in [1.165, 1.54) is 16.1 Å². The van der Waals surface area contributed by atoms with Crippen LogP contribution in [0.4, 0.5) is 22.7 Å². The monoisotopic (exact) mass is 824 g/mol. The Labute approximate surface area is 349 Å². The number of nitrogens with zero attached hydrogens (tertiary/aromatic N) is 6. The van der Waals surface area contributed by atoms with Crippen LogP contribution in [0.1, 0.15) is 82.5 Å². The molecule has 0 saturated carbocycles. The number of aromatic carboxylic acids is 1. The number of carbonyl (C=O) groups excluding carboxylic acids is 1. The number of fused-ring (bicyclic) bond motifs is 2. The van der Waals surface area contributed by atoms with E-state index >= 15 is 0 Å². The van der Waals surface area contributed by atoms with E-state index in [4.69, 9.17) is 0 Å². The Morgan fingerprint density at radius 1 is 0.831 bits per heavy atom. The summed E-state index contributed by atoms with van der Waals surface area (Å²) in [6.45, 7) is 10.0. The van der Waals surface area contributed by atoms with E-state index in [9.17, 15) is 14.7 Å². The van der Waals surface area contributed by atoms with Crippen LogP contribution < -0.4 is 16.0 Å². The number of amides is 1. The highest BCUT2D eigenvalue weighted by Crippen LogP contribution is 2.44. The molecule has 6 aromatic heterocycles. The molecule has 0 fully saturated rings. The lowest BCUT2D eigenvalue weighted by Gasteiger charge is -2.14. The Kier molecular flexibility index (Phi) is 12.5. The second-order valence-corrected chi connectivity index (χ2v) is 16.2. The summed E-state index contributed by atoms with van der Waals surface area (Å²) in [7, 11) is 0. The number of aromatic nitrogens is 7. The van der Waals surface area contributed by atoms with Crippen LogP contribution in [-0.2, 0) is 0 Å². The molecule has 15 heteroatoms. The summed E-state index contributed by atoms with van der Waals surface area (Å²) in [6.07, 6.45) is 11.7. The molecule has 59 heavy (non-hydrogen) atoms. The molecule has 0 radical (unpaired) electrons. The van der Waals surface area contributed by atoms with E-state index in [1.807, 2.05) is 115 Å². The number of hydrogen-bond acceptors (Lipinski definition) is 10. The third-order valence-corrected chi connectivity index (χ3v) is 11.6. The predicted octanol–water partition coefficient (Wildman–Crippen LogP) is 10.6. The molecule has 2 unspecified atom stereocenters. The number of anilines is 4. The number of rotatable bonds is 10. The molecule has 2 atom stereocenters. The van der Waals surface area contributed by atoms with Crippen LogP contribution in [0.3, 0.4) is 0 Å². The molecule has 9 rings (SSSR count). The van der Waals surface area contributed by atoms with Crippen LogP contribution in [0.15, 0.2) is 127 Å². The van der Waals surface area contributed by atoms with Crippen molar-refractivity contribution in [2.24, 2.45) is 0 Å². The number of imidazole rings is 2. The minimum atomic E-state index is -0.953. The minimum absolute atomic E-state index is 0.214. The van der Waals surface area contributed by atoms with Crippen LogP contribution in [-0.4, -0.2) is 50.9 Å². The molecular formula is C44H44N10O3S2. The molecular weight excluding hydrogens is 781 g/mol. The lowest BCUT2D eigenvalue weighted by molar-refractivity contribution is 0.0696. The number of aryl methyl sites for hydroxylation is 1. The van der Waals surface area contributed by atoms with E-state index in [1.54, 1.807) is 35.4 Å². The highest BCUT2D eigenvalue weighted by Gasteiger charge is 2.23. The van der Waals surface area contributed by atoms with Gasteiger partial charge in [0.15, 0.2) is 11.3 Å². The number of carbonyl (C=O) groups is 2. The molecule has 1 amide bonds. The fraction of sp³-hybridized carbons (Fsp3) is 0.182. The number of carboxylic acid groups (broad SMARTS) is 1. The van der Waals surface area contributed by atoms with Crippen LogP contribution >= 0.6 is 23.1 Å². The van der Waals surface area contributed by atoms with E-state index in [-0.39, 0.29) is 22.8 Å². The highest BCUT2D eigenvalue weighted by atomic mass is 32.2. The topological polar surface area (TPSA) is 167 Å². The van der Waals surface area contributed by atoms with Gasteiger partial charge < -0.3 is 25.5 Å². The lowest BCUT2D eigenvalue weighted by atomic mass is 10.2. The van der Waals surface area contributed by atoms with Crippen molar-refractivity contribution in [3.63, 3.8) is 0 Å². The van der Waals surface area contributed by atoms with Gasteiger partial charge in [0, 0.05) is 28.6 Å².